The maximum atomic E-state index is 5.75. The molecule has 13 heavy (non-hydrogen) atoms. The van der Waals surface area contributed by atoms with Gasteiger partial charge in [0.05, 0.1) is 0 Å². The molecule has 1 rings (SSSR count). The second kappa shape index (κ2) is 3.80. The Labute approximate surface area is 104 Å². The number of nitrogens with one attached hydrogen (secondary N) is 1. The lowest BCUT2D eigenvalue weighted by atomic mass is 10.3. The van der Waals surface area contributed by atoms with Gasteiger partial charge >= 0.3 is 0 Å². The van der Waals surface area contributed by atoms with Crippen LogP contribution in [-0.4, -0.2) is 19.2 Å². The molecule has 0 aliphatic carbocycles. The zero-order chi connectivity index (χ0) is 10.3. The molecule has 1 heterocycles. The van der Waals surface area contributed by atoms with Crippen molar-refractivity contribution in [2.45, 2.75) is 8.13 Å². The van der Waals surface area contributed by atoms with E-state index < -0.39 is 8.13 Å². The molecule has 1 N–H and O–H groups in total. The summed E-state index contributed by atoms with van der Waals surface area (Å²) < 4.78 is -3.79. The second-order valence-electron chi connectivity index (χ2n) is 2.05. The molecular weight excluding hydrogens is 303 g/mol. The average Bonchev–Trinajstić information content (AvgIpc) is 2.32. The minimum atomic E-state index is -1.95. The van der Waals surface area contributed by atoms with Crippen LogP contribution in [0.2, 0.25) is 5.15 Å². The number of aromatic amines is 1. The standard InChI is InChI=1S/C4HCl6N3/c5-2-1(11-13-12-2)3(6,7)4(8,9)10/h(H,11,12,13). The van der Waals surface area contributed by atoms with E-state index in [1.807, 2.05) is 0 Å². The Hall–Kier alpha value is 0.880. The molecule has 0 aliphatic rings. The van der Waals surface area contributed by atoms with Gasteiger partial charge in [-0.1, -0.05) is 74.8 Å². The average molecular weight is 304 g/mol. The van der Waals surface area contributed by atoms with E-state index in [1.54, 1.807) is 0 Å². The number of hydrogen-bond acceptors (Lipinski definition) is 2. The Kier molecular flexibility index (Phi) is 3.49. The highest BCUT2D eigenvalue weighted by Crippen LogP contribution is 2.53. The summed E-state index contributed by atoms with van der Waals surface area (Å²) in [5, 5.41) is 9.18. The van der Waals surface area contributed by atoms with Crippen LogP contribution in [0.3, 0.4) is 0 Å². The number of aromatic nitrogens is 3. The quantitative estimate of drug-likeness (QED) is 0.807. The summed E-state index contributed by atoms with van der Waals surface area (Å²) in [7, 11) is 0. The fourth-order valence-electron chi connectivity index (χ4n) is 0.551. The van der Waals surface area contributed by atoms with Crippen molar-refractivity contribution < 1.29 is 0 Å². The summed E-state index contributed by atoms with van der Waals surface area (Å²) in [5.74, 6) is 0. The predicted octanol–water partition coefficient (Wildman–Crippen LogP) is 3.46. The van der Waals surface area contributed by atoms with Crippen LogP contribution in [0.5, 0.6) is 0 Å². The van der Waals surface area contributed by atoms with Gasteiger partial charge < -0.3 is 0 Å². The number of H-pyrrole nitrogens is 1. The maximum Gasteiger partial charge on any atom is 0.228 e. The van der Waals surface area contributed by atoms with Crippen LogP contribution in [0.15, 0.2) is 0 Å². The highest BCUT2D eigenvalue weighted by Gasteiger charge is 2.50. The highest BCUT2D eigenvalue weighted by atomic mass is 35.6. The van der Waals surface area contributed by atoms with Crippen LogP contribution in [0.1, 0.15) is 5.69 Å². The molecule has 0 radical (unpaired) electrons. The van der Waals surface area contributed by atoms with Crippen molar-refractivity contribution >= 4 is 69.6 Å². The van der Waals surface area contributed by atoms with E-state index >= 15 is 0 Å². The monoisotopic (exact) mass is 301 g/mol. The first kappa shape index (κ1) is 12.0. The van der Waals surface area contributed by atoms with Gasteiger partial charge in [0, 0.05) is 0 Å². The lowest BCUT2D eigenvalue weighted by Gasteiger charge is -2.24. The summed E-state index contributed by atoms with van der Waals surface area (Å²) >= 11 is 33.6. The van der Waals surface area contributed by atoms with Crippen molar-refractivity contribution in [1.82, 2.24) is 15.4 Å². The van der Waals surface area contributed by atoms with E-state index in [0.717, 1.165) is 0 Å². The number of hydrogen-bond donors (Lipinski definition) is 1. The van der Waals surface area contributed by atoms with Crippen molar-refractivity contribution in [3.05, 3.63) is 10.8 Å². The first-order valence-corrected chi connectivity index (χ1v) is 5.05. The van der Waals surface area contributed by atoms with Crippen LogP contribution in [-0.2, 0) is 4.33 Å². The Bertz CT molecular complexity index is 301. The molecule has 0 spiro atoms. The van der Waals surface area contributed by atoms with Gasteiger partial charge in [-0.3, -0.25) is 0 Å². The zero-order valence-electron chi connectivity index (χ0n) is 5.66. The highest BCUT2D eigenvalue weighted by molar-refractivity contribution is 6.75. The molecule has 0 fully saturated rings. The molecule has 0 saturated heterocycles. The Balaban J connectivity index is 3.15. The maximum absolute atomic E-state index is 5.75. The summed E-state index contributed by atoms with van der Waals surface area (Å²) in [6, 6.07) is 0. The minimum Gasteiger partial charge on any atom is -0.247 e. The molecule has 74 valence electrons. The SMILES string of the molecule is Clc1[nH]nnc1C(Cl)(Cl)C(Cl)(Cl)Cl. The van der Waals surface area contributed by atoms with E-state index in [2.05, 4.69) is 15.4 Å². The topological polar surface area (TPSA) is 41.6 Å². The lowest BCUT2D eigenvalue weighted by Crippen LogP contribution is -2.29. The Morgan fingerprint density at radius 2 is 1.62 bits per heavy atom. The van der Waals surface area contributed by atoms with Crippen molar-refractivity contribution in [1.29, 1.82) is 0 Å². The Morgan fingerprint density at radius 1 is 1.08 bits per heavy atom. The van der Waals surface area contributed by atoms with E-state index in [0.29, 0.717) is 0 Å². The van der Waals surface area contributed by atoms with Crippen molar-refractivity contribution in [3.63, 3.8) is 0 Å². The van der Waals surface area contributed by atoms with Gasteiger partial charge in [0.25, 0.3) is 0 Å². The second-order valence-corrected chi connectivity index (χ2v) is 6.03. The number of rotatable bonds is 1. The van der Waals surface area contributed by atoms with Gasteiger partial charge in [0.2, 0.25) is 8.13 Å². The van der Waals surface area contributed by atoms with E-state index in [9.17, 15) is 0 Å². The van der Waals surface area contributed by atoms with Gasteiger partial charge in [-0.2, -0.15) is 0 Å². The molecule has 9 heteroatoms. The van der Waals surface area contributed by atoms with Crippen LogP contribution in [0, 0.1) is 0 Å². The van der Waals surface area contributed by atoms with Crippen LogP contribution in [0.25, 0.3) is 0 Å². The van der Waals surface area contributed by atoms with Crippen molar-refractivity contribution in [2.75, 3.05) is 0 Å². The molecule has 0 aromatic carbocycles. The third kappa shape index (κ3) is 2.28. The van der Waals surface area contributed by atoms with E-state index in [1.165, 1.54) is 0 Å². The third-order valence-corrected chi connectivity index (χ3v) is 3.78. The predicted molar refractivity (Wildman–Crippen MR) is 55.1 cm³/mol. The number of alkyl halides is 5. The van der Waals surface area contributed by atoms with Crippen LogP contribution >= 0.6 is 69.6 Å². The molecule has 0 atom stereocenters. The first-order chi connectivity index (χ1) is 5.77. The molecule has 1 aromatic rings. The summed E-state index contributed by atoms with van der Waals surface area (Å²) in [5.41, 5.74) is -0.0301. The molecule has 3 nitrogen and oxygen atoms in total. The fraction of sp³-hybridized carbons (Fsp3) is 0.500. The molecule has 0 saturated carbocycles. The zero-order valence-corrected chi connectivity index (χ0v) is 10.2. The molecule has 0 bridgehead atoms. The number of halogens is 6. The minimum absolute atomic E-state index is 0.0244. The number of nitrogens with zero attached hydrogens (tertiary/aromatic N) is 2. The summed E-state index contributed by atoms with van der Waals surface area (Å²) in [6.07, 6.45) is 0. The lowest BCUT2D eigenvalue weighted by molar-refractivity contribution is 0.813. The normalized spacial score (nSPS) is 13.4. The largest absolute Gasteiger partial charge is 0.247 e. The molecule has 0 aliphatic heterocycles. The van der Waals surface area contributed by atoms with Crippen molar-refractivity contribution in [2.24, 2.45) is 0 Å². The van der Waals surface area contributed by atoms with Gasteiger partial charge in [-0.05, 0) is 0 Å². The van der Waals surface area contributed by atoms with E-state index in [4.69, 9.17) is 69.6 Å². The summed E-state index contributed by atoms with van der Waals surface area (Å²) in [6.45, 7) is 0. The van der Waals surface area contributed by atoms with Crippen LogP contribution in [0.4, 0.5) is 0 Å². The van der Waals surface area contributed by atoms with Gasteiger partial charge in [-0.25, -0.2) is 5.10 Å². The van der Waals surface area contributed by atoms with Crippen LogP contribution < -0.4 is 0 Å². The first-order valence-electron chi connectivity index (χ1n) is 2.78. The van der Waals surface area contributed by atoms with E-state index in [-0.39, 0.29) is 10.8 Å². The fourth-order valence-corrected chi connectivity index (χ4v) is 1.40. The smallest absolute Gasteiger partial charge is 0.228 e. The molecule has 1 aromatic heterocycles. The van der Waals surface area contributed by atoms with Gasteiger partial charge in [0.15, 0.2) is 5.15 Å². The van der Waals surface area contributed by atoms with Gasteiger partial charge in [0.1, 0.15) is 5.69 Å². The molecule has 0 amide bonds. The van der Waals surface area contributed by atoms with Gasteiger partial charge in [-0.15, -0.1) is 5.10 Å². The summed E-state index contributed by atoms with van der Waals surface area (Å²) in [4.78, 5) is 0. The third-order valence-electron chi connectivity index (χ3n) is 1.16. The van der Waals surface area contributed by atoms with Crippen molar-refractivity contribution in [3.8, 4) is 0 Å². The Morgan fingerprint density at radius 3 is 1.92 bits per heavy atom. The molecular formula is C4HCl6N3. The molecule has 0 unspecified atom stereocenters.